The van der Waals surface area contributed by atoms with E-state index < -0.39 is 0 Å². The Balaban J connectivity index is 1.39. The molecule has 0 bridgehead atoms. The standard InChI is InChI=1S/C21H20N4O4/c1-27-15-5-6-16(18(12-15)28-2)23-19(26)7-8-20-24-21(25-29-20)14-4-3-13-9-10-22-17(13)11-14/h3-6,9-12,22H,7-8H2,1-2H3,(H,23,26). The van der Waals surface area contributed by atoms with Crippen LogP contribution in [0.2, 0.25) is 0 Å². The fourth-order valence-electron chi connectivity index (χ4n) is 3.00. The molecule has 0 saturated heterocycles. The summed E-state index contributed by atoms with van der Waals surface area (Å²) >= 11 is 0. The average Bonchev–Trinajstić information content (AvgIpc) is 3.41. The van der Waals surface area contributed by atoms with Gasteiger partial charge in [0.25, 0.3) is 0 Å². The lowest BCUT2D eigenvalue weighted by atomic mass is 10.1. The monoisotopic (exact) mass is 392 g/mol. The molecule has 0 saturated carbocycles. The number of methoxy groups -OCH3 is 2. The average molecular weight is 392 g/mol. The van der Waals surface area contributed by atoms with Crippen LogP contribution in [0.25, 0.3) is 22.3 Å². The molecule has 8 nitrogen and oxygen atoms in total. The van der Waals surface area contributed by atoms with E-state index >= 15 is 0 Å². The Morgan fingerprint density at radius 2 is 2.03 bits per heavy atom. The first-order chi connectivity index (χ1) is 14.2. The summed E-state index contributed by atoms with van der Waals surface area (Å²) in [5, 5.41) is 7.96. The number of aryl methyl sites for hydroxylation is 1. The maximum atomic E-state index is 12.3. The highest BCUT2D eigenvalue weighted by molar-refractivity contribution is 5.92. The van der Waals surface area contributed by atoms with E-state index in [1.54, 1.807) is 25.3 Å². The van der Waals surface area contributed by atoms with Crippen LogP contribution in [0.15, 0.2) is 53.2 Å². The number of aromatic amines is 1. The van der Waals surface area contributed by atoms with Crippen LogP contribution in [0.4, 0.5) is 5.69 Å². The van der Waals surface area contributed by atoms with Gasteiger partial charge in [-0.05, 0) is 29.7 Å². The third-order valence-electron chi connectivity index (χ3n) is 4.53. The normalized spacial score (nSPS) is 10.8. The van der Waals surface area contributed by atoms with Gasteiger partial charge in [-0.15, -0.1) is 0 Å². The van der Waals surface area contributed by atoms with Gasteiger partial charge in [-0.2, -0.15) is 4.98 Å². The number of ether oxygens (including phenoxy) is 2. The minimum atomic E-state index is -0.180. The zero-order valence-electron chi connectivity index (χ0n) is 16.1. The molecule has 148 valence electrons. The molecule has 0 fully saturated rings. The molecular weight excluding hydrogens is 372 g/mol. The first kappa shape index (κ1) is 18.5. The molecular formula is C21H20N4O4. The number of carbonyl (C=O) groups is 1. The topological polar surface area (TPSA) is 102 Å². The summed E-state index contributed by atoms with van der Waals surface area (Å²) in [6.07, 6.45) is 2.42. The van der Waals surface area contributed by atoms with Crippen molar-refractivity contribution < 1.29 is 18.8 Å². The van der Waals surface area contributed by atoms with E-state index in [1.807, 2.05) is 30.5 Å². The predicted molar refractivity (Wildman–Crippen MR) is 108 cm³/mol. The van der Waals surface area contributed by atoms with Crippen molar-refractivity contribution in [2.75, 3.05) is 19.5 Å². The number of hydrogen-bond acceptors (Lipinski definition) is 6. The largest absolute Gasteiger partial charge is 0.497 e. The van der Waals surface area contributed by atoms with Gasteiger partial charge in [-0.3, -0.25) is 4.79 Å². The molecule has 4 aromatic rings. The number of hydrogen-bond donors (Lipinski definition) is 2. The summed E-state index contributed by atoms with van der Waals surface area (Å²) in [7, 11) is 3.11. The fourth-order valence-corrected chi connectivity index (χ4v) is 3.00. The highest BCUT2D eigenvalue weighted by Gasteiger charge is 2.13. The minimum absolute atomic E-state index is 0.180. The van der Waals surface area contributed by atoms with Gasteiger partial charge < -0.3 is 24.3 Å². The summed E-state index contributed by atoms with van der Waals surface area (Å²) in [5.74, 6) is 1.89. The zero-order valence-corrected chi connectivity index (χ0v) is 16.1. The van der Waals surface area contributed by atoms with E-state index in [0.29, 0.717) is 35.3 Å². The number of fused-ring (bicyclic) bond motifs is 1. The SMILES string of the molecule is COc1ccc(NC(=O)CCc2nc(-c3ccc4cc[nH]c4c3)no2)c(OC)c1. The molecule has 2 aromatic carbocycles. The number of amides is 1. The Labute approximate surface area is 166 Å². The number of H-pyrrole nitrogens is 1. The minimum Gasteiger partial charge on any atom is -0.497 e. The van der Waals surface area contributed by atoms with E-state index in [-0.39, 0.29) is 12.3 Å². The molecule has 0 unspecified atom stereocenters. The van der Waals surface area contributed by atoms with Crippen molar-refractivity contribution in [2.24, 2.45) is 0 Å². The van der Waals surface area contributed by atoms with Crippen molar-refractivity contribution in [3.05, 3.63) is 54.6 Å². The van der Waals surface area contributed by atoms with Gasteiger partial charge in [0.2, 0.25) is 17.6 Å². The molecule has 0 aliphatic heterocycles. The number of rotatable bonds is 7. The molecule has 0 aliphatic carbocycles. The second-order valence-electron chi connectivity index (χ2n) is 6.41. The molecule has 2 heterocycles. The summed E-state index contributed by atoms with van der Waals surface area (Å²) in [6, 6.07) is 13.1. The summed E-state index contributed by atoms with van der Waals surface area (Å²) < 4.78 is 15.7. The van der Waals surface area contributed by atoms with Crippen LogP contribution in [0.1, 0.15) is 12.3 Å². The van der Waals surface area contributed by atoms with Gasteiger partial charge in [0, 0.05) is 36.2 Å². The van der Waals surface area contributed by atoms with Gasteiger partial charge in [0.05, 0.1) is 19.9 Å². The molecule has 0 spiro atoms. The van der Waals surface area contributed by atoms with Crippen molar-refractivity contribution in [3.8, 4) is 22.9 Å². The Hall–Kier alpha value is -3.81. The third kappa shape index (κ3) is 4.06. The smallest absolute Gasteiger partial charge is 0.227 e. The van der Waals surface area contributed by atoms with Gasteiger partial charge >= 0.3 is 0 Å². The van der Waals surface area contributed by atoms with Crippen molar-refractivity contribution in [3.63, 3.8) is 0 Å². The fraction of sp³-hybridized carbons (Fsp3) is 0.190. The van der Waals surface area contributed by atoms with Gasteiger partial charge in [0.15, 0.2) is 0 Å². The molecule has 2 N–H and O–H groups in total. The Kier molecular flexibility index (Phi) is 5.15. The third-order valence-corrected chi connectivity index (χ3v) is 4.53. The van der Waals surface area contributed by atoms with Crippen molar-refractivity contribution in [1.82, 2.24) is 15.1 Å². The molecule has 0 aliphatic rings. The van der Waals surface area contributed by atoms with E-state index in [1.165, 1.54) is 7.11 Å². The highest BCUT2D eigenvalue weighted by atomic mass is 16.5. The first-order valence-electron chi connectivity index (χ1n) is 9.08. The number of nitrogens with one attached hydrogen (secondary N) is 2. The maximum absolute atomic E-state index is 12.3. The summed E-state index contributed by atoms with van der Waals surface area (Å²) in [5.41, 5.74) is 2.42. The molecule has 8 heteroatoms. The molecule has 0 radical (unpaired) electrons. The number of aromatic nitrogens is 3. The highest BCUT2D eigenvalue weighted by Crippen LogP contribution is 2.29. The zero-order chi connectivity index (χ0) is 20.2. The Bertz CT molecular complexity index is 1150. The molecule has 0 atom stereocenters. The molecule has 1 amide bonds. The lowest BCUT2D eigenvalue weighted by molar-refractivity contribution is -0.116. The number of carbonyl (C=O) groups excluding carboxylic acids is 1. The van der Waals surface area contributed by atoms with E-state index in [9.17, 15) is 4.79 Å². The van der Waals surface area contributed by atoms with Gasteiger partial charge in [-0.1, -0.05) is 17.3 Å². The second-order valence-corrected chi connectivity index (χ2v) is 6.41. The number of nitrogens with zero attached hydrogens (tertiary/aromatic N) is 2. The van der Waals surface area contributed by atoms with Gasteiger partial charge in [-0.25, -0.2) is 0 Å². The van der Waals surface area contributed by atoms with Crippen LogP contribution >= 0.6 is 0 Å². The lowest BCUT2D eigenvalue weighted by Crippen LogP contribution is -2.13. The van der Waals surface area contributed by atoms with Crippen LogP contribution in [-0.2, 0) is 11.2 Å². The van der Waals surface area contributed by atoms with Crippen molar-refractivity contribution in [1.29, 1.82) is 0 Å². The second kappa shape index (κ2) is 8.05. The Morgan fingerprint density at radius 3 is 2.86 bits per heavy atom. The van der Waals surface area contributed by atoms with Crippen LogP contribution in [0, 0.1) is 0 Å². The number of anilines is 1. The molecule has 2 aromatic heterocycles. The maximum Gasteiger partial charge on any atom is 0.227 e. The molecule has 4 rings (SSSR count). The van der Waals surface area contributed by atoms with E-state index in [2.05, 4.69) is 20.4 Å². The Morgan fingerprint density at radius 1 is 1.14 bits per heavy atom. The summed E-state index contributed by atoms with van der Waals surface area (Å²) in [6.45, 7) is 0. The predicted octanol–water partition coefficient (Wildman–Crippen LogP) is 3.81. The molecule has 29 heavy (non-hydrogen) atoms. The van der Waals surface area contributed by atoms with Crippen LogP contribution in [-0.4, -0.2) is 35.3 Å². The van der Waals surface area contributed by atoms with Crippen LogP contribution in [0.5, 0.6) is 11.5 Å². The van der Waals surface area contributed by atoms with Gasteiger partial charge in [0.1, 0.15) is 11.5 Å². The van der Waals surface area contributed by atoms with Crippen molar-refractivity contribution in [2.45, 2.75) is 12.8 Å². The summed E-state index contributed by atoms with van der Waals surface area (Å²) in [4.78, 5) is 19.9. The quantitative estimate of drug-likeness (QED) is 0.496. The van der Waals surface area contributed by atoms with E-state index in [4.69, 9.17) is 14.0 Å². The van der Waals surface area contributed by atoms with Crippen molar-refractivity contribution >= 4 is 22.5 Å². The van der Waals surface area contributed by atoms with E-state index in [0.717, 1.165) is 16.5 Å². The number of benzene rings is 2. The lowest BCUT2D eigenvalue weighted by Gasteiger charge is -2.11. The first-order valence-corrected chi connectivity index (χ1v) is 9.08. The van der Waals surface area contributed by atoms with Crippen LogP contribution in [0.3, 0.4) is 0 Å². The van der Waals surface area contributed by atoms with Crippen LogP contribution < -0.4 is 14.8 Å².